The SMILES string of the molecule is CC(=O)OCCNCc1oc(=N)oc1C. The summed E-state index contributed by atoms with van der Waals surface area (Å²) in [4.78, 5) is 10.4. The Hall–Kier alpha value is -1.56. The van der Waals surface area contributed by atoms with Crippen molar-refractivity contribution in [2.75, 3.05) is 13.2 Å². The van der Waals surface area contributed by atoms with Crippen molar-refractivity contribution < 1.29 is 18.4 Å². The van der Waals surface area contributed by atoms with E-state index in [1.807, 2.05) is 0 Å². The van der Waals surface area contributed by atoms with Crippen molar-refractivity contribution in [2.45, 2.75) is 20.4 Å². The molecule has 0 atom stereocenters. The highest BCUT2D eigenvalue weighted by molar-refractivity contribution is 5.65. The predicted molar refractivity (Wildman–Crippen MR) is 49.9 cm³/mol. The van der Waals surface area contributed by atoms with Crippen molar-refractivity contribution >= 4 is 5.97 Å². The number of aryl methyl sites for hydroxylation is 1. The first kappa shape index (κ1) is 11.5. The summed E-state index contributed by atoms with van der Waals surface area (Å²) >= 11 is 0. The second kappa shape index (κ2) is 5.35. The number of hydrogen-bond donors (Lipinski definition) is 2. The Morgan fingerprint density at radius 1 is 1.53 bits per heavy atom. The summed E-state index contributed by atoms with van der Waals surface area (Å²) in [6, 6.07) is 0. The average molecular weight is 214 g/mol. The summed E-state index contributed by atoms with van der Waals surface area (Å²) in [5.74, 6) is 0.668. The summed E-state index contributed by atoms with van der Waals surface area (Å²) in [7, 11) is 0. The zero-order valence-corrected chi connectivity index (χ0v) is 8.75. The number of rotatable bonds is 5. The molecule has 0 amide bonds. The molecule has 0 unspecified atom stereocenters. The molecule has 0 radical (unpaired) electrons. The van der Waals surface area contributed by atoms with Gasteiger partial charge in [-0.2, -0.15) is 0 Å². The van der Waals surface area contributed by atoms with Crippen molar-refractivity contribution in [3.05, 3.63) is 17.3 Å². The van der Waals surface area contributed by atoms with Gasteiger partial charge in [0.05, 0.1) is 6.54 Å². The molecule has 1 heterocycles. The molecule has 0 saturated carbocycles. The van der Waals surface area contributed by atoms with Gasteiger partial charge in [-0.05, 0) is 6.92 Å². The number of hydrogen-bond acceptors (Lipinski definition) is 6. The first-order valence-electron chi connectivity index (χ1n) is 4.57. The van der Waals surface area contributed by atoms with Crippen molar-refractivity contribution in [2.24, 2.45) is 0 Å². The van der Waals surface area contributed by atoms with Crippen LogP contribution in [0.15, 0.2) is 8.83 Å². The van der Waals surface area contributed by atoms with Gasteiger partial charge in [0.1, 0.15) is 12.4 Å². The van der Waals surface area contributed by atoms with E-state index in [0.717, 1.165) is 0 Å². The smallest absolute Gasteiger partial charge is 0.391 e. The zero-order valence-electron chi connectivity index (χ0n) is 8.75. The normalized spacial score (nSPS) is 10.3. The fraction of sp³-hybridized carbons (Fsp3) is 0.556. The molecule has 0 spiro atoms. The van der Waals surface area contributed by atoms with Crippen LogP contribution in [0.3, 0.4) is 0 Å². The van der Waals surface area contributed by atoms with Crippen LogP contribution in [0, 0.1) is 12.3 Å². The standard InChI is InChI=1S/C9H14N2O4/c1-6-8(15-9(10)14-6)5-11-3-4-13-7(2)12/h10-11H,3-5H2,1-2H3. The molecule has 1 rings (SSSR count). The van der Waals surface area contributed by atoms with E-state index in [9.17, 15) is 4.79 Å². The molecule has 1 aromatic rings. The van der Waals surface area contributed by atoms with Crippen LogP contribution in [0.25, 0.3) is 0 Å². The highest BCUT2D eigenvalue weighted by Crippen LogP contribution is 2.03. The van der Waals surface area contributed by atoms with Gasteiger partial charge in [-0.3, -0.25) is 4.79 Å². The maximum atomic E-state index is 10.4. The molecule has 0 fully saturated rings. The number of esters is 1. The third kappa shape index (κ3) is 3.99. The molecule has 0 saturated heterocycles. The lowest BCUT2D eigenvalue weighted by Crippen LogP contribution is -2.20. The Balaban J connectivity index is 2.23. The summed E-state index contributed by atoms with van der Waals surface area (Å²) < 4.78 is 14.6. The molecule has 1 aromatic heterocycles. The minimum Gasteiger partial charge on any atom is -0.465 e. The molecule has 0 aromatic carbocycles. The molecule has 0 bridgehead atoms. The number of carbonyl (C=O) groups excluding carboxylic acids is 1. The van der Waals surface area contributed by atoms with Gasteiger partial charge >= 0.3 is 11.7 Å². The quantitative estimate of drug-likeness (QED) is 0.544. The summed E-state index contributed by atoms with van der Waals surface area (Å²) in [5.41, 5.74) is 0. The van der Waals surface area contributed by atoms with E-state index in [1.165, 1.54) is 6.92 Å². The summed E-state index contributed by atoms with van der Waals surface area (Å²) in [5, 5.41) is 10.1. The molecule has 2 N–H and O–H groups in total. The molecule has 15 heavy (non-hydrogen) atoms. The van der Waals surface area contributed by atoms with Crippen LogP contribution in [0.5, 0.6) is 0 Å². The lowest BCUT2D eigenvalue weighted by molar-refractivity contribution is -0.140. The van der Waals surface area contributed by atoms with Gasteiger partial charge in [0, 0.05) is 13.5 Å². The fourth-order valence-corrected chi connectivity index (χ4v) is 1.03. The Morgan fingerprint density at radius 2 is 2.27 bits per heavy atom. The predicted octanol–water partition coefficient (Wildman–Crippen LogP) is 0.313. The van der Waals surface area contributed by atoms with Gasteiger partial charge in [0.15, 0.2) is 5.76 Å². The second-order valence-corrected chi connectivity index (χ2v) is 2.99. The van der Waals surface area contributed by atoms with Gasteiger partial charge < -0.3 is 18.9 Å². The molecule has 84 valence electrons. The Kier molecular flexibility index (Phi) is 4.11. The van der Waals surface area contributed by atoms with E-state index in [0.29, 0.717) is 31.2 Å². The van der Waals surface area contributed by atoms with Gasteiger partial charge in [0.2, 0.25) is 0 Å². The second-order valence-electron chi connectivity index (χ2n) is 2.99. The van der Waals surface area contributed by atoms with Crippen molar-refractivity contribution in [3.8, 4) is 0 Å². The Morgan fingerprint density at radius 3 is 2.80 bits per heavy atom. The molecule has 0 aliphatic rings. The minimum atomic E-state index is -0.297. The van der Waals surface area contributed by atoms with E-state index in [2.05, 4.69) is 5.32 Å². The average Bonchev–Trinajstić information content (AvgIpc) is 2.44. The van der Waals surface area contributed by atoms with Crippen LogP contribution in [-0.4, -0.2) is 19.1 Å². The van der Waals surface area contributed by atoms with E-state index in [4.69, 9.17) is 19.0 Å². The van der Waals surface area contributed by atoms with Crippen molar-refractivity contribution in [3.63, 3.8) is 0 Å². The largest absolute Gasteiger partial charge is 0.465 e. The topological polar surface area (TPSA) is 88.5 Å². The van der Waals surface area contributed by atoms with Crippen molar-refractivity contribution in [1.82, 2.24) is 5.32 Å². The van der Waals surface area contributed by atoms with Gasteiger partial charge in [-0.25, -0.2) is 5.41 Å². The Labute approximate surface area is 86.7 Å². The molecule has 0 aliphatic carbocycles. The maximum absolute atomic E-state index is 10.4. The molecule has 6 nitrogen and oxygen atoms in total. The molecule has 0 aliphatic heterocycles. The number of ether oxygens (including phenoxy) is 1. The van der Waals surface area contributed by atoms with E-state index >= 15 is 0 Å². The van der Waals surface area contributed by atoms with Crippen LogP contribution < -0.4 is 11.1 Å². The lowest BCUT2D eigenvalue weighted by atomic mass is 10.4. The highest BCUT2D eigenvalue weighted by atomic mass is 16.5. The Bertz CT molecular complexity index is 380. The van der Waals surface area contributed by atoms with Crippen LogP contribution in [0.4, 0.5) is 0 Å². The van der Waals surface area contributed by atoms with Gasteiger partial charge in [-0.1, -0.05) is 0 Å². The first-order valence-corrected chi connectivity index (χ1v) is 4.57. The number of nitrogens with one attached hydrogen (secondary N) is 2. The van der Waals surface area contributed by atoms with E-state index in [-0.39, 0.29) is 11.7 Å². The lowest BCUT2D eigenvalue weighted by Gasteiger charge is -2.02. The first-order chi connectivity index (χ1) is 7.09. The third-order valence-corrected chi connectivity index (χ3v) is 1.72. The van der Waals surface area contributed by atoms with Gasteiger partial charge in [-0.15, -0.1) is 0 Å². The fourth-order valence-electron chi connectivity index (χ4n) is 1.03. The van der Waals surface area contributed by atoms with Gasteiger partial charge in [0.25, 0.3) is 0 Å². The minimum absolute atomic E-state index is 0.204. The molecule has 6 heteroatoms. The highest BCUT2D eigenvalue weighted by Gasteiger charge is 2.05. The molecular weight excluding hydrogens is 200 g/mol. The maximum Gasteiger partial charge on any atom is 0.391 e. The van der Waals surface area contributed by atoms with Crippen LogP contribution >= 0.6 is 0 Å². The van der Waals surface area contributed by atoms with Crippen LogP contribution in [-0.2, 0) is 16.1 Å². The number of carbonyl (C=O) groups is 1. The summed E-state index contributed by atoms with van der Waals surface area (Å²) in [6.45, 7) is 4.40. The third-order valence-electron chi connectivity index (χ3n) is 1.72. The zero-order chi connectivity index (χ0) is 11.3. The van der Waals surface area contributed by atoms with E-state index < -0.39 is 0 Å². The molecular formula is C9H14N2O4. The van der Waals surface area contributed by atoms with E-state index in [1.54, 1.807) is 6.92 Å². The summed E-state index contributed by atoms with van der Waals surface area (Å²) in [6.07, 6.45) is 0. The van der Waals surface area contributed by atoms with Crippen LogP contribution in [0.2, 0.25) is 0 Å². The van der Waals surface area contributed by atoms with Crippen molar-refractivity contribution in [1.29, 1.82) is 5.41 Å². The monoisotopic (exact) mass is 214 g/mol. The van der Waals surface area contributed by atoms with Crippen LogP contribution in [0.1, 0.15) is 18.4 Å².